The topological polar surface area (TPSA) is 29.5 Å². The Morgan fingerprint density at radius 3 is 2.10 bits per heavy atom. The molecule has 0 N–H and O–H groups in total. The van der Waals surface area contributed by atoms with E-state index in [9.17, 15) is 31.1 Å². The summed E-state index contributed by atoms with van der Waals surface area (Å²) in [5, 5.41) is 0. The average molecular weight is 425 g/mol. The third kappa shape index (κ3) is 5.72. The maximum atomic E-state index is 13.0. The number of nitrogens with zero attached hydrogens (tertiary/aromatic N) is 1. The number of hydrogen-bond acceptors (Lipinski definition) is 3. The molecule has 1 aliphatic rings. The number of ketones is 1. The molecular weight excluding hydrogens is 400 g/mol. The number of piperidine rings is 1. The highest BCUT2D eigenvalue weighted by molar-refractivity contribution is 5.78. The second kappa shape index (κ2) is 8.26. The summed E-state index contributed by atoms with van der Waals surface area (Å²) in [5.41, 5.74) is -3.36. The molecule has 1 aromatic carbocycles. The summed E-state index contributed by atoms with van der Waals surface area (Å²) in [6, 6.07) is 1.49. The Bertz CT molecular complexity index is 713. The molecule has 0 radical (unpaired) electrons. The van der Waals surface area contributed by atoms with Gasteiger partial charge in [0.25, 0.3) is 0 Å². The van der Waals surface area contributed by atoms with Crippen molar-refractivity contribution in [3.8, 4) is 0 Å². The molecule has 1 aliphatic heterocycles. The van der Waals surface area contributed by atoms with Crippen LogP contribution in [-0.4, -0.2) is 36.4 Å². The van der Waals surface area contributed by atoms with Gasteiger partial charge in [-0.25, -0.2) is 0 Å². The standard InChI is InChI=1S/C20H25F6NO2/c1-12(28)14-5-6-18(3,27(4)10-14)11-29-13(2)15-7-16(19(21,22)23)9-17(8-15)20(24,25)26/h7-9,13-14H,5-6,10-11H2,1-4H3. The van der Waals surface area contributed by atoms with Gasteiger partial charge in [-0.3, -0.25) is 9.69 Å². The highest BCUT2D eigenvalue weighted by atomic mass is 19.4. The van der Waals surface area contributed by atoms with Crippen LogP contribution in [-0.2, 0) is 21.9 Å². The second-order valence-electron chi connectivity index (χ2n) is 8.02. The number of Topliss-reactive ketones (excluding diaryl/α,β-unsaturated/α-hetero) is 1. The number of likely N-dealkylation sites (tertiary alicyclic amines) is 1. The van der Waals surface area contributed by atoms with Crippen LogP contribution in [0.1, 0.15) is 56.4 Å². The SMILES string of the molecule is CC(=O)C1CCC(C)(COC(C)c2cc(C(F)(F)F)cc(C(F)(F)F)c2)N(C)C1. The van der Waals surface area contributed by atoms with E-state index in [1.54, 1.807) is 0 Å². The maximum Gasteiger partial charge on any atom is 0.416 e. The number of halogens is 6. The fourth-order valence-corrected chi connectivity index (χ4v) is 3.45. The molecule has 9 heteroatoms. The van der Waals surface area contributed by atoms with Gasteiger partial charge in [0.05, 0.1) is 23.8 Å². The molecule has 1 heterocycles. The van der Waals surface area contributed by atoms with E-state index < -0.39 is 35.1 Å². The van der Waals surface area contributed by atoms with Crippen LogP contribution in [0.2, 0.25) is 0 Å². The Labute approximate surface area is 166 Å². The summed E-state index contributed by atoms with van der Waals surface area (Å²) in [7, 11) is 1.83. The smallest absolute Gasteiger partial charge is 0.372 e. The van der Waals surface area contributed by atoms with Crippen LogP contribution in [0.15, 0.2) is 18.2 Å². The molecule has 0 saturated carbocycles. The lowest BCUT2D eigenvalue weighted by Crippen LogP contribution is -2.54. The summed E-state index contributed by atoms with van der Waals surface area (Å²) >= 11 is 0. The first-order valence-corrected chi connectivity index (χ1v) is 9.26. The monoisotopic (exact) mass is 425 g/mol. The molecule has 164 valence electrons. The zero-order valence-corrected chi connectivity index (χ0v) is 16.7. The first-order valence-electron chi connectivity index (χ1n) is 9.26. The lowest BCUT2D eigenvalue weighted by molar-refractivity contribution is -0.143. The fraction of sp³-hybridized carbons (Fsp3) is 0.650. The minimum absolute atomic E-state index is 0.0803. The number of hydrogen-bond donors (Lipinski definition) is 0. The van der Waals surface area contributed by atoms with Crippen LogP contribution in [0.25, 0.3) is 0 Å². The van der Waals surface area contributed by atoms with Gasteiger partial charge in [0, 0.05) is 18.0 Å². The number of likely N-dealkylation sites (N-methyl/N-ethyl adjacent to an activating group) is 1. The molecule has 1 aromatic rings. The highest BCUT2D eigenvalue weighted by Gasteiger charge is 2.39. The Kier molecular flexibility index (Phi) is 6.74. The van der Waals surface area contributed by atoms with Gasteiger partial charge in [-0.15, -0.1) is 0 Å². The number of carbonyl (C=O) groups is 1. The van der Waals surface area contributed by atoms with E-state index in [1.165, 1.54) is 13.8 Å². The number of benzene rings is 1. The molecule has 3 unspecified atom stereocenters. The molecule has 3 atom stereocenters. The molecule has 1 saturated heterocycles. The zero-order valence-electron chi connectivity index (χ0n) is 16.7. The van der Waals surface area contributed by atoms with E-state index in [0.717, 1.165) is 0 Å². The Hall–Kier alpha value is -1.61. The third-order valence-corrected chi connectivity index (χ3v) is 5.75. The first kappa shape index (κ1) is 23.7. The summed E-state index contributed by atoms with van der Waals surface area (Å²) in [5.74, 6) is 0.0140. The third-order valence-electron chi connectivity index (χ3n) is 5.75. The fourth-order valence-electron chi connectivity index (χ4n) is 3.45. The van der Waals surface area contributed by atoms with Gasteiger partial charge in [0.15, 0.2) is 0 Å². The van der Waals surface area contributed by atoms with Crippen molar-refractivity contribution in [2.75, 3.05) is 20.2 Å². The van der Waals surface area contributed by atoms with Crippen molar-refractivity contribution in [2.45, 2.75) is 57.6 Å². The number of alkyl halides is 6. The maximum absolute atomic E-state index is 13.0. The van der Waals surface area contributed by atoms with Crippen LogP contribution in [0, 0.1) is 5.92 Å². The van der Waals surface area contributed by atoms with E-state index in [4.69, 9.17) is 4.74 Å². The molecule has 2 rings (SSSR count). The molecule has 0 spiro atoms. The van der Waals surface area contributed by atoms with Crippen molar-refractivity contribution >= 4 is 5.78 Å². The number of carbonyl (C=O) groups excluding carboxylic acids is 1. The summed E-state index contributed by atoms with van der Waals surface area (Å²) in [4.78, 5) is 13.6. The number of rotatable bonds is 5. The van der Waals surface area contributed by atoms with Crippen molar-refractivity contribution in [2.24, 2.45) is 5.92 Å². The van der Waals surface area contributed by atoms with Gasteiger partial charge in [-0.2, -0.15) is 26.3 Å². The van der Waals surface area contributed by atoms with Crippen LogP contribution in [0.3, 0.4) is 0 Å². The molecule has 29 heavy (non-hydrogen) atoms. The average Bonchev–Trinajstić information content (AvgIpc) is 2.60. The van der Waals surface area contributed by atoms with Gasteiger partial charge in [-0.05, 0) is 64.4 Å². The van der Waals surface area contributed by atoms with Crippen LogP contribution in [0.4, 0.5) is 26.3 Å². The Morgan fingerprint density at radius 2 is 1.69 bits per heavy atom. The molecule has 3 nitrogen and oxygen atoms in total. The van der Waals surface area contributed by atoms with E-state index in [1.807, 2.05) is 18.9 Å². The predicted molar refractivity (Wildman–Crippen MR) is 95.3 cm³/mol. The highest BCUT2D eigenvalue weighted by Crippen LogP contribution is 2.38. The molecule has 1 fully saturated rings. The van der Waals surface area contributed by atoms with Gasteiger partial charge < -0.3 is 4.74 Å². The van der Waals surface area contributed by atoms with Crippen LogP contribution >= 0.6 is 0 Å². The minimum Gasteiger partial charge on any atom is -0.372 e. The van der Waals surface area contributed by atoms with Crippen molar-refractivity contribution in [3.05, 3.63) is 34.9 Å². The Morgan fingerprint density at radius 1 is 1.17 bits per heavy atom. The van der Waals surface area contributed by atoms with Crippen molar-refractivity contribution in [3.63, 3.8) is 0 Å². The van der Waals surface area contributed by atoms with Gasteiger partial charge in [-0.1, -0.05) is 0 Å². The van der Waals surface area contributed by atoms with Crippen molar-refractivity contribution < 1.29 is 35.9 Å². The van der Waals surface area contributed by atoms with Gasteiger partial charge in [0.1, 0.15) is 5.78 Å². The van der Waals surface area contributed by atoms with Crippen LogP contribution < -0.4 is 0 Å². The normalized spacial score (nSPS) is 25.1. The lowest BCUT2D eigenvalue weighted by atomic mass is 9.83. The predicted octanol–water partition coefficient (Wildman–Crippen LogP) is 5.49. The molecule has 0 aliphatic carbocycles. The number of ether oxygens (including phenoxy) is 1. The van der Waals surface area contributed by atoms with Gasteiger partial charge >= 0.3 is 12.4 Å². The molecule has 0 aromatic heterocycles. The van der Waals surface area contributed by atoms with Gasteiger partial charge in [0.2, 0.25) is 0 Å². The van der Waals surface area contributed by atoms with Crippen molar-refractivity contribution in [1.82, 2.24) is 4.90 Å². The largest absolute Gasteiger partial charge is 0.416 e. The quantitative estimate of drug-likeness (QED) is 0.584. The van der Waals surface area contributed by atoms with Crippen LogP contribution in [0.5, 0.6) is 0 Å². The summed E-state index contributed by atoms with van der Waals surface area (Å²) < 4.78 is 84.0. The summed E-state index contributed by atoms with van der Waals surface area (Å²) in [6.45, 7) is 5.52. The van der Waals surface area contributed by atoms with E-state index in [-0.39, 0.29) is 29.9 Å². The molecule has 0 amide bonds. The Balaban J connectivity index is 2.18. The van der Waals surface area contributed by atoms with Crippen molar-refractivity contribution in [1.29, 1.82) is 0 Å². The lowest BCUT2D eigenvalue weighted by Gasteiger charge is -2.45. The van der Waals surface area contributed by atoms with E-state index in [0.29, 0.717) is 31.5 Å². The molecular formula is C20H25F6NO2. The first-order chi connectivity index (χ1) is 13.1. The minimum atomic E-state index is -4.90. The summed E-state index contributed by atoms with van der Waals surface area (Å²) in [6.07, 6.45) is -9.46. The zero-order chi connectivity index (χ0) is 22.2. The second-order valence-corrected chi connectivity index (χ2v) is 8.02. The van der Waals surface area contributed by atoms with E-state index >= 15 is 0 Å². The molecule has 0 bridgehead atoms. The van der Waals surface area contributed by atoms with E-state index in [2.05, 4.69) is 0 Å².